The zero-order valence-electron chi connectivity index (χ0n) is 10.5. The van der Waals surface area contributed by atoms with E-state index in [0.717, 1.165) is 12.3 Å². The molecule has 1 aliphatic rings. The maximum atomic E-state index is 14.0. The molecule has 94 valence electrons. The summed E-state index contributed by atoms with van der Waals surface area (Å²) in [6, 6.07) is 0.962. The fourth-order valence-electron chi connectivity index (χ4n) is 1.63. The molecule has 0 radical (unpaired) electrons. The Morgan fingerprint density at radius 3 is 3.00 bits per heavy atom. The van der Waals surface area contributed by atoms with Crippen LogP contribution >= 0.6 is 0 Å². The third-order valence-corrected chi connectivity index (χ3v) is 2.40. The van der Waals surface area contributed by atoms with Crippen LogP contribution in [0.15, 0.2) is 21.9 Å². The number of alkyl halides is 1. The molecule has 0 saturated carbocycles. The Morgan fingerprint density at radius 2 is 2.47 bits per heavy atom. The molecule has 7 nitrogen and oxygen atoms in total. The molecular weight excluding hydrogens is 235 g/mol. The summed E-state index contributed by atoms with van der Waals surface area (Å²) in [6.45, 7) is -3.34. The number of aromatic nitrogens is 2. The fourth-order valence-corrected chi connectivity index (χ4v) is 1.63. The van der Waals surface area contributed by atoms with Crippen LogP contribution in [0.2, 0.25) is 0 Å². The van der Waals surface area contributed by atoms with Crippen LogP contribution in [-0.2, 0) is 4.74 Å². The van der Waals surface area contributed by atoms with Crippen molar-refractivity contribution < 1.29 is 22.1 Å². The number of hydrogen-bond donors (Lipinski definition) is 3. The van der Waals surface area contributed by atoms with Crippen LogP contribution < -0.4 is 11.2 Å². The lowest BCUT2D eigenvalue weighted by Gasteiger charge is -2.18. The van der Waals surface area contributed by atoms with E-state index in [9.17, 15) is 19.1 Å². The van der Waals surface area contributed by atoms with Crippen molar-refractivity contribution in [2.75, 3.05) is 6.56 Å². The molecule has 0 spiro atoms. The Kier molecular flexibility index (Phi) is 2.27. The highest BCUT2D eigenvalue weighted by Gasteiger charge is 2.47. The second-order valence-corrected chi connectivity index (χ2v) is 3.64. The number of aliphatic hydroxyl groups is 2. The van der Waals surface area contributed by atoms with Crippen molar-refractivity contribution in [3.8, 4) is 0 Å². The van der Waals surface area contributed by atoms with E-state index >= 15 is 0 Å². The molecule has 2 heterocycles. The Labute approximate surface area is 96.9 Å². The number of aromatic amines is 1. The maximum Gasteiger partial charge on any atom is 0.330 e. The van der Waals surface area contributed by atoms with Crippen LogP contribution in [-0.4, -0.2) is 38.3 Å². The summed E-state index contributed by atoms with van der Waals surface area (Å²) in [7, 11) is 0. The third-order valence-electron chi connectivity index (χ3n) is 2.40. The molecular formula is C9H11FN2O5. The summed E-state index contributed by atoms with van der Waals surface area (Å²) in [5, 5.41) is 18.7. The topological polar surface area (TPSA) is 105 Å². The van der Waals surface area contributed by atoms with Crippen LogP contribution in [0.3, 0.4) is 0 Å². The minimum Gasteiger partial charge on any atom is -0.390 e. The van der Waals surface area contributed by atoms with Crippen LogP contribution in [0.1, 0.15) is 15.4 Å². The average Bonchev–Trinajstić information content (AvgIpc) is 2.54. The zero-order valence-corrected chi connectivity index (χ0v) is 8.46. The van der Waals surface area contributed by atoms with Gasteiger partial charge in [-0.05, 0) is 0 Å². The van der Waals surface area contributed by atoms with E-state index in [-0.39, 0.29) is 0 Å². The largest absolute Gasteiger partial charge is 0.390 e. The van der Waals surface area contributed by atoms with Gasteiger partial charge < -0.3 is 14.9 Å². The highest BCUT2D eigenvalue weighted by atomic mass is 19.2. The van der Waals surface area contributed by atoms with Gasteiger partial charge in [-0.3, -0.25) is 14.3 Å². The van der Waals surface area contributed by atoms with Gasteiger partial charge in [0.1, 0.15) is 12.7 Å². The molecule has 1 aromatic heterocycles. The van der Waals surface area contributed by atoms with Gasteiger partial charge in [0.2, 0.25) is 5.85 Å². The van der Waals surface area contributed by atoms with Gasteiger partial charge in [-0.15, -0.1) is 0 Å². The number of nitrogens with one attached hydrogen (secondary N) is 1. The molecule has 1 saturated heterocycles. The molecule has 3 atom stereocenters. The minimum atomic E-state index is -3.34. The lowest BCUT2D eigenvalue weighted by Crippen LogP contribution is -2.35. The molecule has 0 bridgehead atoms. The van der Waals surface area contributed by atoms with Crippen LogP contribution in [0.5, 0.6) is 0 Å². The zero-order chi connectivity index (χ0) is 14.4. The van der Waals surface area contributed by atoms with Gasteiger partial charge in [-0.2, -0.15) is 0 Å². The van der Waals surface area contributed by atoms with E-state index in [2.05, 4.69) is 4.74 Å². The van der Waals surface area contributed by atoms with Crippen molar-refractivity contribution in [2.24, 2.45) is 0 Å². The smallest absolute Gasteiger partial charge is 0.330 e. The van der Waals surface area contributed by atoms with E-state index in [4.69, 9.17) is 7.85 Å². The number of halogens is 1. The van der Waals surface area contributed by atoms with Crippen molar-refractivity contribution in [1.82, 2.24) is 9.55 Å². The molecule has 0 amide bonds. The van der Waals surface area contributed by atoms with Gasteiger partial charge >= 0.3 is 5.69 Å². The van der Waals surface area contributed by atoms with Gasteiger partial charge in [0, 0.05) is 18.7 Å². The first-order valence-corrected chi connectivity index (χ1v) is 4.73. The Bertz CT molecular complexity index is 597. The van der Waals surface area contributed by atoms with Gasteiger partial charge in [-0.25, -0.2) is 9.18 Å². The summed E-state index contributed by atoms with van der Waals surface area (Å²) in [6.07, 6.45) is -2.98. The van der Waals surface area contributed by atoms with E-state index in [1.165, 1.54) is 0 Å². The van der Waals surface area contributed by atoms with Gasteiger partial charge in [0.15, 0.2) is 6.23 Å². The molecule has 0 aliphatic carbocycles. The quantitative estimate of drug-likeness (QED) is 0.589. The first kappa shape index (κ1) is 9.51. The average molecular weight is 248 g/mol. The fraction of sp³-hybridized carbons (Fsp3) is 0.556. The predicted octanol–water partition coefficient (Wildman–Crippen LogP) is -1.53. The second-order valence-electron chi connectivity index (χ2n) is 3.64. The molecule has 2 rings (SSSR count). The number of nitrogens with zero attached hydrogens (tertiary/aromatic N) is 1. The molecule has 17 heavy (non-hydrogen) atoms. The molecule has 1 aromatic rings. The number of ether oxygens (including phenoxy) is 1. The molecule has 0 unspecified atom stereocenters. The van der Waals surface area contributed by atoms with E-state index < -0.39 is 42.4 Å². The predicted molar refractivity (Wildman–Crippen MR) is 53.0 cm³/mol. The summed E-state index contributed by atoms with van der Waals surface area (Å²) in [4.78, 5) is 24.2. The number of rotatable bonds is 2. The van der Waals surface area contributed by atoms with Crippen molar-refractivity contribution in [3.05, 3.63) is 33.1 Å². The van der Waals surface area contributed by atoms with Crippen molar-refractivity contribution in [1.29, 1.82) is 0 Å². The standard InChI is InChI=1S/C9H11FN2O5/c10-9(4-13)3-5(14)7(17-9)12-2-1-6(15)11-8(12)16/h1-2,5,7,13-14H,3-4H2,(H,11,15,16)/t5-,7-,9+/m1/s1/i4D2. The minimum absolute atomic E-state index is 0.683. The van der Waals surface area contributed by atoms with Gasteiger partial charge in [0.05, 0.1) is 2.74 Å². The highest BCUT2D eigenvalue weighted by Crippen LogP contribution is 2.36. The number of H-pyrrole nitrogens is 1. The van der Waals surface area contributed by atoms with Crippen molar-refractivity contribution in [3.63, 3.8) is 0 Å². The first-order valence-electron chi connectivity index (χ1n) is 5.73. The summed E-state index contributed by atoms with van der Waals surface area (Å²) >= 11 is 0. The lowest BCUT2D eigenvalue weighted by atomic mass is 10.2. The number of hydrogen-bond acceptors (Lipinski definition) is 5. The molecule has 0 aromatic carbocycles. The maximum absolute atomic E-state index is 14.0. The van der Waals surface area contributed by atoms with Gasteiger partial charge in [-0.1, -0.05) is 0 Å². The van der Waals surface area contributed by atoms with E-state index in [1.54, 1.807) is 0 Å². The summed E-state index contributed by atoms with van der Waals surface area (Å²) in [5.41, 5.74) is -1.63. The molecule has 3 N–H and O–H groups in total. The molecule has 1 fully saturated rings. The van der Waals surface area contributed by atoms with E-state index in [0.29, 0.717) is 4.57 Å². The van der Waals surface area contributed by atoms with Crippen LogP contribution in [0, 0.1) is 0 Å². The number of aliphatic hydroxyl groups excluding tert-OH is 1. The van der Waals surface area contributed by atoms with Crippen molar-refractivity contribution in [2.45, 2.75) is 24.6 Å². The highest BCUT2D eigenvalue weighted by molar-refractivity contribution is 4.90. The second kappa shape index (κ2) is 4.06. The Balaban J connectivity index is 2.38. The van der Waals surface area contributed by atoms with E-state index in [1.807, 2.05) is 4.98 Å². The lowest BCUT2D eigenvalue weighted by molar-refractivity contribution is -0.180. The monoisotopic (exact) mass is 248 g/mol. The third kappa shape index (κ3) is 2.14. The summed E-state index contributed by atoms with van der Waals surface area (Å²) in [5.74, 6) is -3.15. The summed E-state index contributed by atoms with van der Waals surface area (Å²) < 4.78 is 33.2. The van der Waals surface area contributed by atoms with Crippen LogP contribution in [0.4, 0.5) is 4.39 Å². The molecule has 8 heteroatoms. The van der Waals surface area contributed by atoms with Gasteiger partial charge in [0.25, 0.3) is 5.56 Å². The first-order chi connectivity index (χ1) is 8.64. The Morgan fingerprint density at radius 1 is 1.76 bits per heavy atom. The normalized spacial score (nSPS) is 35.5. The van der Waals surface area contributed by atoms with Crippen molar-refractivity contribution >= 4 is 0 Å². The Hall–Kier alpha value is -1.51. The SMILES string of the molecule is [2H]C([2H])(O)[C@]1(F)C[C@@H](O)[C@H](n2ccc(=O)[nH]c2=O)O1. The van der Waals surface area contributed by atoms with Crippen LogP contribution in [0.25, 0.3) is 0 Å². The molecule has 1 aliphatic heterocycles.